The summed E-state index contributed by atoms with van der Waals surface area (Å²) in [7, 11) is 2.08. The Bertz CT molecular complexity index is 106. The van der Waals surface area contributed by atoms with Crippen LogP contribution in [0, 0.1) is 5.92 Å². The molecule has 0 bridgehead atoms. The first-order valence-corrected chi connectivity index (χ1v) is 4.92. The topological polar surface area (TPSA) is 23.5 Å². The van der Waals surface area contributed by atoms with Crippen LogP contribution in [0.25, 0.3) is 0 Å². The van der Waals surface area contributed by atoms with E-state index in [0.29, 0.717) is 6.04 Å². The Balaban J connectivity index is 3.59. The highest BCUT2D eigenvalue weighted by atomic mass is 16.3. The van der Waals surface area contributed by atoms with E-state index in [4.69, 9.17) is 5.11 Å². The van der Waals surface area contributed by atoms with Gasteiger partial charge in [-0.2, -0.15) is 0 Å². The fourth-order valence-electron chi connectivity index (χ4n) is 1.40. The van der Waals surface area contributed by atoms with Crippen molar-refractivity contribution in [1.82, 2.24) is 4.90 Å². The number of aliphatic hydroxyl groups is 1. The van der Waals surface area contributed by atoms with Gasteiger partial charge in [0, 0.05) is 12.6 Å². The number of hydrogen-bond donors (Lipinski definition) is 1. The van der Waals surface area contributed by atoms with E-state index in [2.05, 4.69) is 32.7 Å². The standard InChI is InChI=1S/C10H23NO/c1-5-6-9(2)7-11(4)10(3)8-12/h9-10,12H,5-8H2,1-4H3. The Labute approximate surface area is 76.6 Å². The van der Waals surface area contributed by atoms with Gasteiger partial charge in [-0.3, -0.25) is 0 Å². The molecule has 0 aromatic rings. The molecule has 0 aliphatic carbocycles. The van der Waals surface area contributed by atoms with Crippen molar-refractivity contribution in [2.75, 3.05) is 20.2 Å². The minimum absolute atomic E-state index is 0.259. The monoisotopic (exact) mass is 173 g/mol. The van der Waals surface area contributed by atoms with Crippen molar-refractivity contribution in [1.29, 1.82) is 0 Å². The zero-order valence-corrected chi connectivity index (χ0v) is 8.88. The normalized spacial score (nSPS) is 16.5. The molecule has 0 fully saturated rings. The van der Waals surface area contributed by atoms with E-state index in [-0.39, 0.29) is 6.61 Å². The lowest BCUT2D eigenvalue weighted by molar-refractivity contribution is 0.143. The van der Waals surface area contributed by atoms with Crippen LogP contribution < -0.4 is 0 Å². The van der Waals surface area contributed by atoms with Gasteiger partial charge in [-0.15, -0.1) is 0 Å². The zero-order valence-electron chi connectivity index (χ0n) is 8.88. The molecular weight excluding hydrogens is 150 g/mol. The summed E-state index contributed by atoms with van der Waals surface area (Å²) in [6.07, 6.45) is 2.53. The van der Waals surface area contributed by atoms with Crippen LogP contribution in [0.15, 0.2) is 0 Å². The summed E-state index contributed by atoms with van der Waals surface area (Å²) in [5.41, 5.74) is 0. The predicted octanol–water partition coefficient (Wildman–Crippen LogP) is 1.74. The van der Waals surface area contributed by atoms with E-state index in [9.17, 15) is 0 Å². The largest absolute Gasteiger partial charge is 0.395 e. The first kappa shape index (κ1) is 11.9. The van der Waals surface area contributed by atoms with Crippen molar-refractivity contribution < 1.29 is 5.11 Å². The van der Waals surface area contributed by atoms with Crippen LogP contribution in [0.3, 0.4) is 0 Å². The highest BCUT2D eigenvalue weighted by molar-refractivity contribution is 4.64. The molecule has 12 heavy (non-hydrogen) atoms. The van der Waals surface area contributed by atoms with Gasteiger partial charge in [0.2, 0.25) is 0 Å². The maximum absolute atomic E-state index is 8.91. The van der Waals surface area contributed by atoms with Gasteiger partial charge >= 0.3 is 0 Å². The van der Waals surface area contributed by atoms with Gasteiger partial charge in [-0.1, -0.05) is 20.3 Å². The van der Waals surface area contributed by atoms with Crippen LogP contribution in [0.5, 0.6) is 0 Å². The van der Waals surface area contributed by atoms with Crippen molar-refractivity contribution in [3.63, 3.8) is 0 Å². The molecule has 0 aliphatic heterocycles. The molecule has 0 rings (SSSR count). The lowest BCUT2D eigenvalue weighted by atomic mass is 10.1. The minimum atomic E-state index is 0.259. The third-order valence-corrected chi connectivity index (χ3v) is 2.40. The third-order valence-electron chi connectivity index (χ3n) is 2.40. The molecule has 2 unspecified atom stereocenters. The summed E-state index contributed by atoms with van der Waals surface area (Å²) >= 11 is 0. The number of aliphatic hydroxyl groups excluding tert-OH is 1. The van der Waals surface area contributed by atoms with Crippen molar-refractivity contribution >= 4 is 0 Å². The van der Waals surface area contributed by atoms with Crippen molar-refractivity contribution in [3.05, 3.63) is 0 Å². The van der Waals surface area contributed by atoms with Crippen molar-refractivity contribution in [2.45, 2.75) is 39.7 Å². The molecule has 74 valence electrons. The average Bonchev–Trinajstić information content (AvgIpc) is 2.03. The summed E-state index contributed by atoms with van der Waals surface area (Å²) < 4.78 is 0. The molecule has 0 saturated heterocycles. The lowest BCUT2D eigenvalue weighted by Gasteiger charge is -2.25. The number of rotatable bonds is 6. The van der Waals surface area contributed by atoms with Gasteiger partial charge in [-0.25, -0.2) is 0 Å². The third kappa shape index (κ3) is 4.73. The molecule has 0 saturated carbocycles. The molecule has 0 aromatic carbocycles. The van der Waals surface area contributed by atoms with E-state index in [1.165, 1.54) is 12.8 Å². The Kier molecular flexibility index (Phi) is 6.39. The molecule has 0 amide bonds. The Morgan fingerprint density at radius 3 is 2.33 bits per heavy atom. The first-order valence-electron chi connectivity index (χ1n) is 4.92. The molecule has 2 atom stereocenters. The average molecular weight is 173 g/mol. The van der Waals surface area contributed by atoms with Crippen LogP contribution in [0.4, 0.5) is 0 Å². The molecular formula is C10H23NO. The molecule has 0 heterocycles. The lowest BCUT2D eigenvalue weighted by Crippen LogP contribution is -2.35. The summed E-state index contributed by atoms with van der Waals surface area (Å²) in [5, 5.41) is 8.91. The second-order valence-electron chi connectivity index (χ2n) is 3.87. The van der Waals surface area contributed by atoms with E-state index < -0.39 is 0 Å². The molecule has 0 radical (unpaired) electrons. The summed E-state index contributed by atoms with van der Waals surface area (Å²) in [6.45, 7) is 7.89. The quantitative estimate of drug-likeness (QED) is 0.661. The van der Waals surface area contributed by atoms with Crippen molar-refractivity contribution in [2.24, 2.45) is 5.92 Å². The minimum Gasteiger partial charge on any atom is -0.395 e. The van der Waals surface area contributed by atoms with Gasteiger partial charge in [0.1, 0.15) is 0 Å². The Morgan fingerprint density at radius 2 is 1.92 bits per heavy atom. The summed E-state index contributed by atoms with van der Waals surface area (Å²) in [6, 6.07) is 0.296. The highest BCUT2D eigenvalue weighted by Crippen LogP contribution is 2.08. The van der Waals surface area contributed by atoms with Crippen LogP contribution in [0.1, 0.15) is 33.6 Å². The number of likely N-dealkylation sites (N-methyl/N-ethyl adjacent to an activating group) is 1. The Morgan fingerprint density at radius 1 is 1.33 bits per heavy atom. The van der Waals surface area contributed by atoms with Gasteiger partial charge < -0.3 is 10.0 Å². The molecule has 0 aliphatic rings. The van der Waals surface area contributed by atoms with Crippen LogP contribution in [-0.2, 0) is 0 Å². The maximum atomic E-state index is 8.91. The molecule has 1 N–H and O–H groups in total. The smallest absolute Gasteiger partial charge is 0.0584 e. The highest BCUT2D eigenvalue weighted by Gasteiger charge is 2.10. The van der Waals surface area contributed by atoms with Gasteiger partial charge in [-0.05, 0) is 26.3 Å². The van der Waals surface area contributed by atoms with Gasteiger partial charge in [0.25, 0.3) is 0 Å². The summed E-state index contributed by atoms with van der Waals surface area (Å²) in [4.78, 5) is 2.22. The SMILES string of the molecule is CCCC(C)CN(C)C(C)CO. The Hall–Kier alpha value is -0.0800. The second kappa shape index (κ2) is 6.44. The second-order valence-corrected chi connectivity index (χ2v) is 3.87. The number of hydrogen-bond acceptors (Lipinski definition) is 2. The molecule has 0 aromatic heterocycles. The number of nitrogens with zero attached hydrogens (tertiary/aromatic N) is 1. The van der Waals surface area contributed by atoms with E-state index in [0.717, 1.165) is 12.5 Å². The fraction of sp³-hybridized carbons (Fsp3) is 1.00. The van der Waals surface area contributed by atoms with Crippen LogP contribution in [0.2, 0.25) is 0 Å². The van der Waals surface area contributed by atoms with Crippen LogP contribution in [-0.4, -0.2) is 36.2 Å². The van der Waals surface area contributed by atoms with E-state index in [1.807, 2.05) is 0 Å². The van der Waals surface area contributed by atoms with Crippen LogP contribution >= 0.6 is 0 Å². The fourth-order valence-corrected chi connectivity index (χ4v) is 1.40. The van der Waals surface area contributed by atoms with Gasteiger partial charge in [0.15, 0.2) is 0 Å². The molecule has 0 spiro atoms. The van der Waals surface area contributed by atoms with E-state index >= 15 is 0 Å². The zero-order chi connectivity index (χ0) is 9.56. The van der Waals surface area contributed by atoms with E-state index in [1.54, 1.807) is 0 Å². The molecule has 2 heteroatoms. The maximum Gasteiger partial charge on any atom is 0.0584 e. The van der Waals surface area contributed by atoms with Gasteiger partial charge in [0.05, 0.1) is 6.61 Å². The molecule has 2 nitrogen and oxygen atoms in total. The van der Waals surface area contributed by atoms with Crippen molar-refractivity contribution in [3.8, 4) is 0 Å². The summed E-state index contributed by atoms with van der Waals surface area (Å²) in [5.74, 6) is 0.744. The first-order chi connectivity index (χ1) is 5.61. The predicted molar refractivity (Wildman–Crippen MR) is 53.2 cm³/mol.